The number of para-hydroxylation sites is 1. The van der Waals surface area contributed by atoms with E-state index < -0.39 is 0 Å². The third kappa shape index (κ3) is 4.17. The van der Waals surface area contributed by atoms with Crippen molar-refractivity contribution in [1.82, 2.24) is 14.9 Å². The second kappa shape index (κ2) is 8.67. The third-order valence-electron chi connectivity index (χ3n) is 4.42. The molecule has 0 amide bonds. The first-order chi connectivity index (χ1) is 14.3. The molecule has 0 fully saturated rings. The van der Waals surface area contributed by atoms with Crippen LogP contribution in [-0.4, -0.2) is 27.7 Å². The van der Waals surface area contributed by atoms with Crippen LogP contribution in [-0.2, 0) is 0 Å². The summed E-state index contributed by atoms with van der Waals surface area (Å²) >= 11 is 5.37. The van der Waals surface area contributed by atoms with Crippen molar-refractivity contribution in [3.63, 3.8) is 0 Å². The SMILES string of the molecule is CCOc1ccccc1-c1n[nH]c(=S)n1/N=C\c1ccc(-c2ccccc2)cc1. The van der Waals surface area contributed by atoms with Crippen LogP contribution in [0.25, 0.3) is 22.5 Å². The maximum absolute atomic E-state index is 5.72. The van der Waals surface area contributed by atoms with Crippen LogP contribution in [0.4, 0.5) is 0 Å². The molecule has 29 heavy (non-hydrogen) atoms. The molecule has 4 rings (SSSR count). The van der Waals surface area contributed by atoms with E-state index in [0.717, 1.165) is 22.4 Å². The van der Waals surface area contributed by atoms with E-state index in [4.69, 9.17) is 17.0 Å². The molecule has 0 saturated carbocycles. The summed E-state index contributed by atoms with van der Waals surface area (Å²) in [7, 11) is 0. The third-order valence-corrected chi connectivity index (χ3v) is 4.68. The zero-order chi connectivity index (χ0) is 20.1. The smallest absolute Gasteiger partial charge is 0.216 e. The van der Waals surface area contributed by atoms with Crippen LogP contribution in [0.15, 0.2) is 84.0 Å². The summed E-state index contributed by atoms with van der Waals surface area (Å²) < 4.78 is 7.75. The first-order valence-corrected chi connectivity index (χ1v) is 9.76. The predicted molar refractivity (Wildman–Crippen MR) is 119 cm³/mol. The highest BCUT2D eigenvalue weighted by atomic mass is 32.1. The van der Waals surface area contributed by atoms with Gasteiger partial charge in [0.2, 0.25) is 4.77 Å². The number of H-pyrrole nitrogens is 1. The maximum Gasteiger partial charge on any atom is 0.216 e. The second-order valence-corrected chi connectivity index (χ2v) is 6.71. The lowest BCUT2D eigenvalue weighted by atomic mass is 10.0. The van der Waals surface area contributed by atoms with Gasteiger partial charge >= 0.3 is 0 Å². The number of aromatic amines is 1. The predicted octanol–water partition coefficient (Wildman–Crippen LogP) is 5.56. The van der Waals surface area contributed by atoms with Gasteiger partial charge in [-0.05, 0) is 48.0 Å². The van der Waals surface area contributed by atoms with E-state index in [1.54, 1.807) is 10.9 Å². The molecule has 0 aliphatic rings. The average Bonchev–Trinajstić information content (AvgIpc) is 3.14. The number of aromatic nitrogens is 3. The molecule has 0 unspecified atom stereocenters. The van der Waals surface area contributed by atoms with E-state index in [1.165, 1.54) is 5.56 Å². The van der Waals surface area contributed by atoms with Crippen LogP contribution in [0, 0.1) is 4.77 Å². The summed E-state index contributed by atoms with van der Waals surface area (Å²) in [5.41, 5.74) is 4.15. The molecule has 3 aromatic carbocycles. The van der Waals surface area contributed by atoms with Gasteiger partial charge in [-0.3, -0.25) is 0 Å². The van der Waals surface area contributed by atoms with Gasteiger partial charge in [0.05, 0.1) is 18.4 Å². The van der Waals surface area contributed by atoms with Gasteiger partial charge in [0.15, 0.2) is 5.82 Å². The van der Waals surface area contributed by atoms with Crippen molar-refractivity contribution in [1.29, 1.82) is 0 Å². The minimum atomic E-state index is 0.420. The number of ether oxygens (including phenoxy) is 1. The van der Waals surface area contributed by atoms with Crippen molar-refractivity contribution in [3.05, 3.63) is 89.2 Å². The topological polar surface area (TPSA) is 55.2 Å². The molecular formula is C23H20N4OS. The number of hydrogen-bond donors (Lipinski definition) is 1. The van der Waals surface area contributed by atoms with Crippen LogP contribution in [0.3, 0.4) is 0 Å². The monoisotopic (exact) mass is 400 g/mol. The van der Waals surface area contributed by atoms with Gasteiger partial charge < -0.3 is 4.74 Å². The zero-order valence-corrected chi connectivity index (χ0v) is 16.8. The molecule has 1 aromatic heterocycles. The lowest BCUT2D eigenvalue weighted by molar-refractivity contribution is 0.341. The number of benzene rings is 3. The fraction of sp³-hybridized carbons (Fsp3) is 0.0870. The quantitative estimate of drug-likeness (QED) is 0.341. The highest BCUT2D eigenvalue weighted by molar-refractivity contribution is 7.71. The van der Waals surface area contributed by atoms with Gasteiger partial charge in [-0.15, -0.1) is 0 Å². The Morgan fingerprint density at radius 1 is 0.966 bits per heavy atom. The summed E-state index contributed by atoms with van der Waals surface area (Å²) in [6, 6.07) is 26.2. The Morgan fingerprint density at radius 2 is 1.66 bits per heavy atom. The molecule has 0 saturated heterocycles. The minimum absolute atomic E-state index is 0.420. The highest BCUT2D eigenvalue weighted by Gasteiger charge is 2.13. The van der Waals surface area contributed by atoms with Crippen molar-refractivity contribution < 1.29 is 4.74 Å². The Balaban J connectivity index is 1.63. The average molecular weight is 401 g/mol. The number of rotatable bonds is 6. The van der Waals surface area contributed by atoms with Gasteiger partial charge in [0, 0.05) is 0 Å². The Labute approximate surface area is 174 Å². The number of hydrogen-bond acceptors (Lipinski definition) is 4. The fourth-order valence-electron chi connectivity index (χ4n) is 3.02. The van der Waals surface area contributed by atoms with Gasteiger partial charge in [-0.1, -0.05) is 66.7 Å². The fourth-order valence-corrected chi connectivity index (χ4v) is 3.20. The molecule has 5 nitrogen and oxygen atoms in total. The van der Waals surface area contributed by atoms with Gasteiger partial charge in [-0.25, -0.2) is 5.10 Å². The second-order valence-electron chi connectivity index (χ2n) is 6.33. The molecule has 144 valence electrons. The number of nitrogens with zero attached hydrogens (tertiary/aromatic N) is 3. The summed E-state index contributed by atoms with van der Waals surface area (Å²) in [4.78, 5) is 0. The molecule has 0 spiro atoms. The zero-order valence-electron chi connectivity index (χ0n) is 15.9. The molecule has 0 atom stereocenters. The summed E-state index contributed by atoms with van der Waals surface area (Å²) in [6.07, 6.45) is 1.77. The molecule has 0 aliphatic heterocycles. The van der Waals surface area contributed by atoms with Gasteiger partial charge in [-0.2, -0.15) is 14.9 Å². The van der Waals surface area contributed by atoms with Crippen LogP contribution in [0.5, 0.6) is 5.75 Å². The van der Waals surface area contributed by atoms with Gasteiger partial charge in [0.25, 0.3) is 0 Å². The van der Waals surface area contributed by atoms with Crippen molar-refractivity contribution >= 4 is 18.4 Å². The van der Waals surface area contributed by atoms with E-state index in [1.807, 2.05) is 61.5 Å². The Kier molecular flexibility index (Phi) is 5.63. The lowest BCUT2D eigenvalue weighted by Gasteiger charge is -2.08. The minimum Gasteiger partial charge on any atom is -0.493 e. The maximum atomic E-state index is 5.72. The van der Waals surface area contributed by atoms with E-state index in [9.17, 15) is 0 Å². The first kappa shape index (κ1) is 18.8. The van der Waals surface area contributed by atoms with Gasteiger partial charge in [0.1, 0.15) is 5.75 Å². The van der Waals surface area contributed by atoms with Crippen molar-refractivity contribution in [2.45, 2.75) is 6.92 Å². The van der Waals surface area contributed by atoms with Crippen molar-refractivity contribution in [2.24, 2.45) is 5.10 Å². The van der Waals surface area contributed by atoms with Crippen LogP contribution >= 0.6 is 12.2 Å². The first-order valence-electron chi connectivity index (χ1n) is 9.35. The molecule has 1 heterocycles. The normalized spacial score (nSPS) is 11.1. The molecule has 0 bridgehead atoms. The molecular weight excluding hydrogens is 380 g/mol. The van der Waals surface area contributed by atoms with Crippen LogP contribution < -0.4 is 4.74 Å². The largest absolute Gasteiger partial charge is 0.493 e. The molecule has 0 aliphatic carbocycles. The Hall–Kier alpha value is -3.51. The van der Waals surface area contributed by atoms with E-state index in [2.05, 4.69) is 39.6 Å². The van der Waals surface area contributed by atoms with Crippen LogP contribution in [0.1, 0.15) is 12.5 Å². The van der Waals surface area contributed by atoms with Crippen LogP contribution in [0.2, 0.25) is 0 Å². The summed E-state index contributed by atoms with van der Waals surface area (Å²) in [5, 5.41) is 11.7. The van der Waals surface area contributed by atoms with E-state index >= 15 is 0 Å². The molecule has 1 N–H and O–H groups in total. The molecule has 4 aromatic rings. The van der Waals surface area contributed by atoms with Crippen molar-refractivity contribution in [2.75, 3.05) is 6.61 Å². The number of nitrogens with one attached hydrogen (secondary N) is 1. The summed E-state index contributed by atoms with van der Waals surface area (Å²) in [6.45, 7) is 2.52. The van der Waals surface area contributed by atoms with E-state index in [0.29, 0.717) is 17.2 Å². The highest BCUT2D eigenvalue weighted by Crippen LogP contribution is 2.28. The standard InChI is InChI=1S/C23H20N4OS/c1-2-28-21-11-7-6-10-20(21)22-25-26-23(29)27(22)24-16-17-12-14-19(15-13-17)18-8-4-3-5-9-18/h3-16H,2H2,1H3,(H,26,29)/b24-16-. The lowest BCUT2D eigenvalue weighted by Crippen LogP contribution is -1.99. The molecule has 6 heteroatoms. The molecule has 0 radical (unpaired) electrons. The van der Waals surface area contributed by atoms with E-state index in [-0.39, 0.29) is 0 Å². The Bertz CT molecular complexity index is 1180. The summed E-state index contributed by atoms with van der Waals surface area (Å²) in [5.74, 6) is 1.35. The van der Waals surface area contributed by atoms with Crippen molar-refractivity contribution in [3.8, 4) is 28.3 Å². The Morgan fingerprint density at radius 3 is 2.41 bits per heavy atom.